The average Bonchev–Trinajstić information content (AvgIpc) is 2.81. The molecule has 8 heteroatoms. The van der Waals surface area contributed by atoms with Crippen LogP contribution in [0.25, 0.3) is 6.08 Å². The van der Waals surface area contributed by atoms with Crippen LogP contribution in [-0.2, 0) is 9.59 Å². The smallest absolute Gasteiger partial charge is 0.270 e. The van der Waals surface area contributed by atoms with E-state index in [0.29, 0.717) is 34.5 Å². The Bertz CT molecular complexity index is 1240. The molecule has 2 aliphatic rings. The first-order valence-corrected chi connectivity index (χ1v) is 13.1. The van der Waals surface area contributed by atoms with E-state index >= 15 is 0 Å². The van der Waals surface area contributed by atoms with Crippen molar-refractivity contribution >= 4 is 58.2 Å². The first-order valence-electron chi connectivity index (χ1n) is 12.3. The van der Waals surface area contributed by atoms with Crippen LogP contribution in [0.1, 0.15) is 64.5 Å². The summed E-state index contributed by atoms with van der Waals surface area (Å²) in [7, 11) is 0. The van der Waals surface area contributed by atoms with E-state index in [1.165, 1.54) is 10.5 Å². The molecule has 0 aliphatic carbocycles. The van der Waals surface area contributed by atoms with Gasteiger partial charge in [0.25, 0.3) is 11.8 Å². The lowest BCUT2D eigenvalue weighted by Crippen LogP contribution is -2.54. The largest absolute Gasteiger partial charge is 0.494 e. The molecule has 1 fully saturated rings. The molecule has 2 heterocycles. The van der Waals surface area contributed by atoms with E-state index in [4.69, 9.17) is 28.6 Å². The number of nitrogens with one attached hydrogen (secondary N) is 1. The van der Waals surface area contributed by atoms with Gasteiger partial charge in [-0.1, -0.05) is 25.4 Å². The molecule has 1 atom stereocenters. The molecule has 2 aliphatic heterocycles. The van der Waals surface area contributed by atoms with Crippen molar-refractivity contribution in [3.05, 3.63) is 58.1 Å². The van der Waals surface area contributed by atoms with E-state index in [0.717, 1.165) is 25.1 Å². The number of thiocarbonyl (C=S) groups is 1. The van der Waals surface area contributed by atoms with Gasteiger partial charge in [-0.15, -0.1) is 0 Å². The molecule has 190 valence electrons. The molecule has 0 radical (unpaired) electrons. The maximum atomic E-state index is 13.5. The number of ether oxygens (including phenoxy) is 1. The van der Waals surface area contributed by atoms with Crippen LogP contribution in [0, 0.1) is 0 Å². The van der Waals surface area contributed by atoms with E-state index in [-0.39, 0.29) is 16.2 Å². The maximum absolute atomic E-state index is 13.5. The van der Waals surface area contributed by atoms with Gasteiger partial charge in [-0.3, -0.25) is 19.8 Å². The monoisotopic (exact) mass is 525 g/mol. The quantitative estimate of drug-likeness (QED) is 0.281. The average molecular weight is 526 g/mol. The van der Waals surface area contributed by atoms with Gasteiger partial charge in [-0.05, 0) is 105 Å². The SMILES string of the molecule is CCCN1c2cc(Cl)c(/C=C3/C(=O)NC(=S)N(c4ccc(OCC)cc4)C3=O)cc2C(C)CC1(C)C. The summed E-state index contributed by atoms with van der Waals surface area (Å²) in [6, 6.07) is 11.0. The molecule has 36 heavy (non-hydrogen) atoms. The molecule has 1 N–H and O–H groups in total. The van der Waals surface area contributed by atoms with Crippen molar-refractivity contribution in [1.82, 2.24) is 5.32 Å². The van der Waals surface area contributed by atoms with E-state index in [2.05, 4.69) is 37.9 Å². The maximum Gasteiger partial charge on any atom is 0.270 e. The third-order valence-electron chi connectivity index (χ3n) is 6.76. The predicted molar refractivity (Wildman–Crippen MR) is 150 cm³/mol. The number of anilines is 2. The third-order valence-corrected chi connectivity index (χ3v) is 7.37. The lowest BCUT2D eigenvalue weighted by molar-refractivity contribution is -0.122. The number of rotatable bonds is 6. The zero-order chi connectivity index (χ0) is 26.2. The zero-order valence-electron chi connectivity index (χ0n) is 21.4. The molecular formula is C28H32ClN3O3S. The molecule has 0 saturated carbocycles. The number of carbonyl (C=O) groups excluding carboxylic acids is 2. The Morgan fingerprint density at radius 1 is 1.19 bits per heavy atom. The van der Waals surface area contributed by atoms with Crippen LogP contribution in [0.5, 0.6) is 5.75 Å². The minimum absolute atomic E-state index is 0.0128. The van der Waals surface area contributed by atoms with Gasteiger partial charge in [0, 0.05) is 22.8 Å². The van der Waals surface area contributed by atoms with Crippen LogP contribution in [0.3, 0.4) is 0 Å². The Morgan fingerprint density at radius 2 is 1.89 bits per heavy atom. The lowest BCUT2D eigenvalue weighted by Gasteiger charge is -2.47. The van der Waals surface area contributed by atoms with Gasteiger partial charge in [0.05, 0.1) is 12.3 Å². The van der Waals surface area contributed by atoms with Crippen molar-refractivity contribution < 1.29 is 14.3 Å². The van der Waals surface area contributed by atoms with E-state index in [1.807, 2.05) is 19.1 Å². The van der Waals surface area contributed by atoms with Gasteiger partial charge in [0.15, 0.2) is 5.11 Å². The molecule has 0 aromatic heterocycles. The van der Waals surface area contributed by atoms with Crippen molar-refractivity contribution in [2.75, 3.05) is 23.0 Å². The van der Waals surface area contributed by atoms with Crippen LogP contribution in [0.4, 0.5) is 11.4 Å². The number of hydrogen-bond donors (Lipinski definition) is 1. The normalized spacial score (nSPS) is 20.4. The number of fused-ring (bicyclic) bond motifs is 1. The highest BCUT2D eigenvalue weighted by Crippen LogP contribution is 2.45. The fourth-order valence-corrected chi connectivity index (χ4v) is 5.68. The minimum atomic E-state index is -0.539. The first kappa shape index (κ1) is 26.2. The molecule has 2 aromatic rings. The van der Waals surface area contributed by atoms with Gasteiger partial charge in [-0.2, -0.15) is 0 Å². The summed E-state index contributed by atoms with van der Waals surface area (Å²) in [6.45, 7) is 12.3. The number of amides is 2. The minimum Gasteiger partial charge on any atom is -0.494 e. The van der Waals surface area contributed by atoms with Gasteiger partial charge in [0.1, 0.15) is 11.3 Å². The second-order valence-corrected chi connectivity index (χ2v) is 10.7. The van der Waals surface area contributed by atoms with Crippen molar-refractivity contribution in [3.8, 4) is 5.75 Å². The van der Waals surface area contributed by atoms with Crippen LogP contribution in [0.2, 0.25) is 5.02 Å². The summed E-state index contributed by atoms with van der Waals surface area (Å²) < 4.78 is 5.49. The molecule has 2 aromatic carbocycles. The number of benzene rings is 2. The van der Waals surface area contributed by atoms with E-state index in [9.17, 15) is 9.59 Å². The Kier molecular flexibility index (Phi) is 7.43. The predicted octanol–water partition coefficient (Wildman–Crippen LogP) is 6.07. The number of nitrogens with zero attached hydrogens (tertiary/aromatic N) is 2. The molecule has 6 nitrogen and oxygen atoms in total. The molecule has 1 saturated heterocycles. The van der Waals surface area contributed by atoms with Gasteiger partial charge in [0.2, 0.25) is 0 Å². The van der Waals surface area contributed by atoms with Gasteiger partial charge >= 0.3 is 0 Å². The lowest BCUT2D eigenvalue weighted by atomic mass is 9.79. The summed E-state index contributed by atoms with van der Waals surface area (Å²) in [6.07, 6.45) is 3.59. The van der Waals surface area contributed by atoms with E-state index < -0.39 is 11.8 Å². The Hall–Kier alpha value is -2.90. The molecular weight excluding hydrogens is 494 g/mol. The standard InChI is InChI=1S/C28H32ClN3O3S/c1-6-12-31-24-15-23(29)18(13-21(24)17(3)16-28(31,4)5)14-22-25(33)30-27(36)32(26(22)34)19-8-10-20(11-9-19)35-7-2/h8-11,13-15,17H,6-7,12,16H2,1-5H3,(H,30,33,36)/b22-14-. The summed E-state index contributed by atoms with van der Waals surface area (Å²) in [5, 5.41) is 3.17. The van der Waals surface area contributed by atoms with Crippen molar-refractivity contribution in [2.24, 2.45) is 0 Å². The van der Waals surface area contributed by atoms with E-state index in [1.54, 1.807) is 30.3 Å². The molecule has 0 bridgehead atoms. The summed E-state index contributed by atoms with van der Waals surface area (Å²) >= 11 is 12.1. The number of halogens is 1. The van der Waals surface area contributed by atoms with Crippen molar-refractivity contribution in [3.63, 3.8) is 0 Å². The molecule has 1 unspecified atom stereocenters. The van der Waals surface area contributed by atoms with Crippen LogP contribution in [-0.4, -0.2) is 35.6 Å². The topological polar surface area (TPSA) is 61.9 Å². The van der Waals surface area contributed by atoms with Gasteiger partial charge in [-0.25, -0.2) is 0 Å². The summed E-state index contributed by atoms with van der Waals surface area (Å²) in [5.41, 5.74) is 3.46. The highest BCUT2D eigenvalue weighted by atomic mass is 35.5. The molecule has 2 amide bonds. The van der Waals surface area contributed by atoms with Crippen molar-refractivity contribution in [2.45, 2.75) is 58.9 Å². The number of carbonyl (C=O) groups is 2. The van der Waals surface area contributed by atoms with Crippen LogP contribution < -0.4 is 19.9 Å². The number of hydrogen-bond acceptors (Lipinski definition) is 5. The summed E-state index contributed by atoms with van der Waals surface area (Å²) in [5.74, 6) is -0.0423. The van der Waals surface area contributed by atoms with Crippen molar-refractivity contribution in [1.29, 1.82) is 0 Å². The first-order chi connectivity index (χ1) is 17.1. The van der Waals surface area contributed by atoms with Crippen LogP contribution in [0.15, 0.2) is 42.0 Å². The Labute approximate surface area is 223 Å². The van der Waals surface area contributed by atoms with Gasteiger partial charge < -0.3 is 9.64 Å². The third kappa shape index (κ3) is 4.87. The Balaban J connectivity index is 1.73. The molecule has 4 rings (SSSR count). The summed E-state index contributed by atoms with van der Waals surface area (Å²) in [4.78, 5) is 30.0. The fraction of sp³-hybridized carbons (Fsp3) is 0.393. The fourth-order valence-electron chi connectivity index (χ4n) is 5.18. The molecule has 0 spiro atoms. The Morgan fingerprint density at radius 3 is 2.53 bits per heavy atom. The van der Waals surface area contributed by atoms with Crippen LogP contribution >= 0.6 is 23.8 Å². The highest BCUT2D eigenvalue weighted by molar-refractivity contribution is 7.80. The zero-order valence-corrected chi connectivity index (χ0v) is 22.9. The highest BCUT2D eigenvalue weighted by Gasteiger charge is 2.37. The second kappa shape index (κ2) is 10.2. The second-order valence-electron chi connectivity index (χ2n) is 9.89.